The van der Waals surface area contributed by atoms with Crippen LogP contribution in [0.5, 0.6) is 0 Å². The van der Waals surface area contributed by atoms with Gasteiger partial charge in [0.1, 0.15) is 0 Å². The molecule has 0 aromatic carbocycles. The van der Waals surface area contributed by atoms with Crippen LogP contribution in [0, 0.1) is 0 Å². The lowest BCUT2D eigenvalue weighted by molar-refractivity contribution is -0.0448. The summed E-state index contributed by atoms with van der Waals surface area (Å²) in [4.78, 5) is 0. The second kappa shape index (κ2) is 4.32. The van der Waals surface area contributed by atoms with Crippen molar-refractivity contribution in [2.45, 2.75) is 12.5 Å². The van der Waals surface area contributed by atoms with E-state index in [-0.39, 0.29) is 5.91 Å². The fourth-order valence-electron chi connectivity index (χ4n) is 0.471. The van der Waals surface area contributed by atoms with Crippen molar-refractivity contribution >= 4 is 19.2 Å². The van der Waals surface area contributed by atoms with Crippen LogP contribution in [0.1, 0.15) is 0 Å². The van der Waals surface area contributed by atoms with Crippen LogP contribution >= 0.6 is 11.1 Å². The Morgan fingerprint density at radius 2 is 1.75 bits per heavy atom. The van der Waals surface area contributed by atoms with E-state index in [9.17, 15) is 0 Å². The maximum absolute atomic E-state index is 5.73. The highest BCUT2D eigenvalue weighted by Gasteiger charge is 2.13. The molecule has 0 saturated carbocycles. The lowest BCUT2D eigenvalue weighted by atomic mass is 11.3. The number of hydrogen-bond acceptors (Lipinski definition) is 2. The van der Waals surface area contributed by atoms with Crippen LogP contribution in [0.25, 0.3) is 0 Å². The Morgan fingerprint density at radius 3 is 1.75 bits per heavy atom. The molecule has 0 spiro atoms. The van der Waals surface area contributed by atoms with Crippen LogP contribution in [0.2, 0.25) is 6.55 Å². The van der Waals surface area contributed by atoms with Crippen LogP contribution in [0.4, 0.5) is 0 Å². The first-order valence-electron chi connectivity index (χ1n) is 2.42. The zero-order chi connectivity index (χ0) is 6.57. The lowest BCUT2D eigenvalue weighted by Gasteiger charge is -2.13. The van der Waals surface area contributed by atoms with E-state index >= 15 is 0 Å². The van der Waals surface area contributed by atoms with E-state index in [1.807, 2.05) is 6.55 Å². The predicted octanol–water partition coefficient (Wildman–Crippen LogP) is 0.737. The van der Waals surface area contributed by atoms with Crippen LogP contribution in [-0.2, 0) is 9.47 Å². The van der Waals surface area contributed by atoms with E-state index in [2.05, 4.69) is 0 Å². The molecule has 0 aliphatic heterocycles. The minimum atomic E-state index is -1.26. The Bertz CT molecular complexity index is 56.0. The molecule has 0 aliphatic rings. The van der Waals surface area contributed by atoms with Gasteiger partial charge in [-0.3, -0.25) is 0 Å². The first-order chi connectivity index (χ1) is 3.72. The van der Waals surface area contributed by atoms with Gasteiger partial charge in [0.15, 0.2) is 5.91 Å². The smallest absolute Gasteiger partial charge is 0.201 e. The summed E-state index contributed by atoms with van der Waals surface area (Å²) in [7, 11) is 1.94. The van der Waals surface area contributed by atoms with Crippen LogP contribution in [0.3, 0.4) is 0 Å². The highest BCUT2D eigenvalue weighted by molar-refractivity contribution is 7.06. The zero-order valence-corrected chi connectivity index (χ0v) is 7.26. The van der Waals surface area contributed by atoms with Crippen LogP contribution in [0.15, 0.2) is 0 Å². The zero-order valence-electron chi connectivity index (χ0n) is 5.35. The van der Waals surface area contributed by atoms with E-state index in [1.54, 1.807) is 14.2 Å². The summed E-state index contributed by atoms with van der Waals surface area (Å²) in [5.74, 6) is -0.142. The van der Waals surface area contributed by atoms with Gasteiger partial charge in [0, 0.05) is 14.2 Å². The quantitative estimate of drug-likeness (QED) is 0.339. The Kier molecular flexibility index (Phi) is 4.55. The van der Waals surface area contributed by atoms with Gasteiger partial charge >= 0.3 is 0 Å². The van der Waals surface area contributed by atoms with Crippen molar-refractivity contribution < 1.29 is 9.47 Å². The standard InChI is InChI=1S/C4H11ClO2Si/c1-6-4(7-2)8(3)5/h4,8H,1-3H3. The van der Waals surface area contributed by atoms with Gasteiger partial charge in [-0.25, -0.2) is 0 Å². The van der Waals surface area contributed by atoms with Crippen molar-refractivity contribution in [3.05, 3.63) is 0 Å². The van der Waals surface area contributed by atoms with Crippen molar-refractivity contribution in [2.75, 3.05) is 14.2 Å². The monoisotopic (exact) mass is 154 g/mol. The van der Waals surface area contributed by atoms with Crippen molar-refractivity contribution in [1.82, 2.24) is 0 Å². The average Bonchev–Trinajstić information content (AvgIpc) is 1.69. The summed E-state index contributed by atoms with van der Waals surface area (Å²) < 4.78 is 9.74. The van der Waals surface area contributed by atoms with Gasteiger partial charge < -0.3 is 9.47 Å². The molecule has 0 rings (SSSR count). The van der Waals surface area contributed by atoms with Crippen LogP contribution in [-0.4, -0.2) is 28.2 Å². The van der Waals surface area contributed by atoms with Crippen molar-refractivity contribution in [1.29, 1.82) is 0 Å². The summed E-state index contributed by atoms with van der Waals surface area (Å²) >= 11 is 5.73. The minimum absolute atomic E-state index is 0.142. The molecule has 0 aromatic rings. The molecule has 0 fully saturated rings. The molecule has 50 valence electrons. The second-order valence-electron chi connectivity index (χ2n) is 1.52. The summed E-state index contributed by atoms with van der Waals surface area (Å²) in [5, 5.41) is 0. The summed E-state index contributed by atoms with van der Waals surface area (Å²) in [6.45, 7) is 1.96. The highest BCUT2D eigenvalue weighted by Crippen LogP contribution is 2.00. The molecule has 0 heterocycles. The van der Waals surface area contributed by atoms with Crippen molar-refractivity contribution in [2.24, 2.45) is 0 Å². The van der Waals surface area contributed by atoms with Gasteiger partial charge in [-0.15, -0.1) is 0 Å². The largest absolute Gasteiger partial charge is 0.358 e. The Labute approximate surface area is 56.0 Å². The molecular weight excluding hydrogens is 144 g/mol. The molecule has 0 bridgehead atoms. The fourth-order valence-corrected chi connectivity index (χ4v) is 1.84. The van der Waals surface area contributed by atoms with Crippen molar-refractivity contribution in [3.63, 3.8) is 0 Å². The van der Waals surface area contributed by atoms with E-state index in [4.69, 9.17) is 20.6 Å². The first-order valence-corrected chi connectivity index (χ1v) is 5.98. The molecule has 8 heavy (non-hydrogen) atoms. The van der Waals surface area contributed by atoms with Gasteiger partial charge in [-0.1, -0.05) is 6.55 Å². The third-order valence-corrected chi connectivity index (χ3v) is 2.75. The van der Waals surface area contributed by atoms with Gasteiger partial charge in [0.25, 0.3) is 0 Å². The third kappa shape index (κ3) is 2.67. The molecule has 0 aliphatic carbocycles. The van der Waals surface area contributed by atoms with Gasteiger partial charge in [-0.05, 0) is 0 Å². The molecule has 0 amide bonds. The third-order valence-electron chi connectivity index (χ3n) is 0.840. The Balaban J connectivity index is 3.35. The number of halogens is 1. The van der Waals surface area contributed by atoms with Gasteiger partial charge in [0.05, 0.1) is 0 Å². The minimum Gasteiger partial charge on any atom is -0.358 e. The normalized spacial score (nSPS) is 14.6. The maximum Gasteiger partial charge on any atom is 0.201 e. The molecule has 0 saturated heterocycles. The summed E-state index contributed by atoms with van der Waals surface area (Å²) in [6.07, 6.45) is 0. The molecule has 0 N–H and O–H groups in total. The molecule has 4 heteroatoms. The van der Waals surface area contributed by atoms with E-state index in [1.165, 1.54) is 0 Å². The number of methoxy groups -OCH3 is 2. The molecule has 0 radical (unpaired) electrons. The topological polar surface area (TPSA) is 18.5 Å². The second-order valence-corrected chi connectivity index (χ2v) is 5.48. The number of ether oxygens (including phenoxy) is 2. The van der Waals surface area contributed by atoms with Gasteiger partial charge in [0.2, 0.25) is 8.11 Å². The summed E-state index contributed by atoms with van der Waals surface area (Å²) in [6, 6.07) is 0. The average molecular weight is 155 g/mol. The van der Waals surface area contributed by atoms with Crippen LogP contribution < -0.4 is 0 Å². The van der Waals surface area contributed by atoms with E-state index in [0.29, 0.717) is 0 Å². The lowest BCUT2D eigenvalue weighted by Crippen LogP contribution is -2.26. The van der Waals surface area contributed by atoms with E-state index in [0.717, 1.165) is 0 Å². The number of rotatable bonds is 3. The Hall–Kier alpha value is 0.427. The summed E-state index contributed by atoms with van der Waals surface area (Å²) in [5.41, 5.74) is 0. The van der Waals surface area contributed by atoms with Crippen molar-refractivity contribution in [3.8, 4) is 0 Å². The molecular formula is C4H11ClO2Si. The maximum atomic E-state index is 5.73. The first kappa shape index (κ1) is 8.43. The highest BCUT2D eigenvalue weighted by atomic mass is 35.6. The fraction of sp³-hybridized carbons (Fsp3) is 1.00. The van der Waals surface area contributed by atoms with E-state index < -0.39 is 8.11 Å². The predicted molar refractivity (Wildman–Crippen MR) is 36.7 cm³/mol. The molecule has 1 unspecified atom stereocenters. The molecule has 0 aromatic heterocycles. The molecule has 2 nitrogen and oxygen atoms in total. The number of hydrogen-bond donors (Lipinski definition) is 0. The SMILES string of the molecule is COC(OC)[SiH](C)Cl. The van der Waals surface area contributed by atoms with Gasteiger partial charge in [-0.2, -0.15) is 11.1 Å². The molecule has 1 atom stereocenters. The Morgan fingerprint density at radius 1 is 1.38 bits per heavy atom.